The molecule has 1 aliphatic heterocycles. The van der Waals surface area contributed by atoms with E-state index in [9.17, 15) is 4.79 Å². The second-order valence-corrected chi connectivity index (χ2v) is 8.17. The molecule has 4 rings (SSSR count). The van der Waals surface area contributed by atoms with Crippen LogP contribution in [-0.4, -0.2) is 32.5 Å². The van der Waals surface area contributed by atoms with Crippen LogP contribution in [0.15, 0.2) is 53.7 Å². The lowest BCUT2D eigenvalue weighted by Gasteiger charge is -2.22. The molecule has 0 spiro atoms. The van der Waals surface area contributed by atoms with E-state index in [0.29, 0.717) is 17.3 Å². The molecule has 5 nitrogen and oxygen atoms in total. The molecule has 1 aromatic heterocycles. The number of rotatable bonds is 5. The first-order valence-electron chi connectivity index (χ1n) is 9.30. The van der Waals surface area contributed by atoms with Crippen LogP contribution in [0.2, 0.25) is 5.02 Å². The fourth-order valence-corrected chi connectivity index (χ4v) is 4.71. The molecule has 28 heavy (non-hydrogen) atoms. The van der Waals surface area contributed by atoms with Gasteiger partial charge in [-0.25, -0.2) is 0 Å². The van der Waals surface area contributed by atoms with Crippen molar-refractivity contribution in [2.24, 2.45) is 0 Å². The van der Waals surface area contributed by atoms with Crippen molar-refractivity contribution in [3.63, 3.8) is 0 Å². The number of para-hydroxylation sites is 1. The van der Waals surface area contributed by atoms with Gasteiger partial charge < -0.3 is 9.47 Å². The summed E-state index contributed by atoms with van der Waals surface area (Å²) in [5, 5.41) is 10.1. The number of hydrogen-bond donors (Lipinski definition) is 0. The van der Waals surface area contributed by atoms with Crippen molar-refractivity contribution in [3.05, 3.63) is 59.1 Å². The van der Waals surface area contributed by atoms with Gasteiger partial charge in [0, 0.05) is 28.9 Å². The summed E-state index contributed by atoms with van der Waals surface area (Å²) < 4.78 is 2.02. The molecule has 1 amide bonds. The van der Waals surface area contributed by atoms with E-state index in [1.54, 1.807) is 0 Å². The smallest absolute Gasteiger partial charge is 0.237 e. The Hall–Kier alpha value is -2.31. The summed E-state index contributed by atoms with van der Waals surface area (Å²) in [4.78, 5) is 14.9. The van der Waals surface area contributed by atoms with Crippen LogP contribution in [0.1, 0.15) is 19.4 Å². The van der Waals surface area contributed by atoms with E-state index in [-0.39, 0.29) is 11.9 Å². The molecule has 0 N–H and O–H groups in total. The zero-order valence-corrected chi connectivity index (χ0v) is 17.4. The zero-order chi connectivity index (χ0) is 19.7. The maximum absolute atomic E-state index is 12.9. The van der Waals surface area contributed by atoms with Crippen LogP contribution in [0.25, 0.3) is 11.4 Å². The number of benzene rings is 2. The molecule has 144 valence electrons. The molecule has 3 aromatic rings. The third-order valence-corrected chi connectivity index (χ3v) is 6.10. The quantitative estimate of drug-likeness (QED) is 0.570. The average Bonchev–Trinajstić information content (AvgIpc) is 3.25. The minimum absolute atomic E-state index is 0.0948. The summed E-state index contributed by atoms with van der Waals surface area (Å²) in [6.07, 6.45) is 0.899. The molecule has 2 heterocycles. The Labute approximate surface area is 173 Å². The second-order valence-electron chi connectivity index (χ2n) is 6.80. The average molecular weight is 413 g/mol. The highest BCUT2D eigenvalue weighted by Crippen LogP contribution is 2.33. The molecule has 2 aromatic carbocycles. The number of aromatic nitrogens is 3. The Morgan fingerprint density at radius 3 is 2.82 bits per heavy atom. The van der Waals surface area contributed by atoms with Crippen LogP contribution >= 0.6 is 23.4 Å². The Morgan fingerprint density at radius 1 is 1.21 bits per heavy atom. The molecule has 7 heteroatoms. The first-order valence-corrected chi connectivity index (χ1v) is 10.7. The SMILES string of the molecule is CCn1c(SCC(=O)N2c3ccccc3CC2C)nnc1-c1cccc(Cl)c1. The van der Waals surface area contributed by atoms with E-state index in [1.165, 1.54) is 17.3 Å². The van der Waals surface area contributed by atoms with Crippen LogP contribution in [0.5, 0.6) is 0 Å². The molecular formula is C21H21ClN4OS. The van der Waals surface area contributed by atoms with Crippen LogP contribution in [-0.2, 0) is 17.8 Å². The van der Waals surface area contributed by atoms with Crippen LogP contribution in [0, 0.1) is 0 Å². The van der Waals surface area contributed by atoms with Crippen LogP contribution < -0.4 is 4.90 Å². The van der Waals surface area contributed by atoms with E-state index in [0.717, 1.165) is 28.7 Å². The summed E-state index contributed by atoms with van der Waals surface area (Å²) in [5.74, 6) is 1.18. The first-order chi connectivity index (χ1) is 13.6. The van der Waals surface area contributed by atoms with Crippen molar-refractivity contribution in [3.8, 4) is 11.4 Å². The lowest BCUT2D eigenvalue weighted by Crippen LogP contribution is -2.37. The van der Waals surface area contributed by atoms with Crippen molar-refractivity contribution in [2.45, 2.75) is 38.0 Å². The third kappa shape index (κ3) is 3.54. The summed E-state index contributed by atoms with van der Waals surface area (Å²) in [6, 6.07) is 15.9. The number of carbonyl (C=O) groups excluding carboxylic acids is 1. The standard InChI is InChI=1S/C21H21ClN4OS/c1-3-25-20(16-8-6-9-17(22)12-16)23-24-21(25)28-13-19(27)26-14(2)11-15-7-4-5-10-18(15)26/h4-10,12,14H,3,11,13H2,1-2H3. The number of hydrogen-bond acceptors (Lipinski definition) is 4. The normalized spacial score (nSPS) is 15.7. The number of thioether (sulfide) groups is 1. The van der Waals surface area contributed by atoms with Crippen LogP contribution in [0.4, 0.5) is 5.69 Å². The monoisotopic (exact) mass is 412 g/mol. The summed E-state index contributed by atoms with van der Waals surface area (Å²) in [6.45, 7) is 4.85. The van der Waals surface area contributed by atoms with E-state index >= 15 is 0 Å². The Balaban J connectivity index is 1.52. The maximum atomic E-state index is 12.9. The molecule has 0 radical (unpaired) electrons. The predicted octanol–water partition coefficient (Wildman–Crippen LogP) is 4.69. The van der Waals surface area contributed by atoms with Gasteiger partial charge in [0.1, 0.15) is 0 Å². The van der Waals surface area contributed by atoms with Gasteiger partial charge in [0.25, 0.3) is 0 Å². The number of amides is 1. The topological polar surface area (TPSA) is 51.0 Å². The summed E-state index contributed by atoms with van der Waals surface area (Å²) in [7, 11) is 0. The van der Waals surface area contributed by atoms with Gasteiger partial charge in [0.05, 0.1) is 5.75 Å². The van der Waals surface area contributed by atoms with Crippen molar-refractivity contribution >= 4 is 35.0 Å². The highest BCUT2D eigenvalue weighted by molar-refractivity contribution is 7.99. The number of carbonyl (C=O) groups is 1. The van der Waals surface area contributed by atoms with E-state index < -0.39 is 0 Å². The van der Waals surface area contributed by atoms with E-state index in [4.69, 9.17) is 11.6 Å². The Kier molecular flexibility index (Phi) is 5.42. The van der Waals surface area contributed by atoms with Gasteiger partial charge in [0.15, 0.2) is 11.0 Å². The number of halogens is 1. The van der Waals surface area contributed by atoms with Gasteiger partial charge >= 0.3 is 0 Å². The maximum Gasteiger partial charge on any atom is 0.237 e. The predicted molar refractivity (Wildman–Crippen MR) is 114 cm³/mol. The number of fused-ring (bicyclic) bond motifs is 1. The second kappa shape index (κ2) is 7.97. The lowest BCUT2D eigenvalue weighted by molar-refractivity contribution is -0.116. The van der Waals surface area contributed by atoms with Gasteiger partial charge in [0.2, 0.25) is 5.91 Å². The van der Waals surface area contributed by atoms with Crippen LogP contribution in [0.3, 0.4) is 0 Å². The molecular weight excluding hydrogens is 392 g/mol. The molecule has 0 fully saturated rings. The highest BCUT2D eigenvalue weighted by Gasteiger charge is 2.30. The zero-order valence-electron chi connectivity index (χ0n) is 15.8. The minimum Gasteiger partial charge on any atom is -0.308 e. The van der Waals surface area contributed by atoms with Gasteiger partial charge in [-0.05, 0) is 44.0 Å². The minimum atomic E-state index is 0.0948. The van der Waals surface area contributed by atoms with Gasteiger partial charge in [-0.1, -0.05) is 53.7 Å². The summed E-state index contributed by atoms with van der Waals surface area (Å²) in [5.41, 5.74) is 3.17. The van der Waals surface area contributed by atoms with Crippen molar-refractivity contribution in [1.29, 1.82) is 0 Å². The van der Waals surface area contributed by atoms with Crippen molar-refractivity contribution < 1.29 is 4.79 Å². The third-order valence-electron chi connectivity index (χ3n) is 4.92. The molecule has 1 unspecified atom stereocenters. The molecule has 1 atom stereocenters. The number of nitrogens with zero attached hydrogens (tertiary/aromatic N) is 4. The van der Waals surface area contributed by atoms with E-state index in [2.05, 4.69) is 23.2 Å². The van der Waals surface area contributed by atoms with E-state index in [1.807, 2.05) is 58.9 Å². The Morgan fingerprint density at radius 2 is 2.04 bits per heavy atom. The molecule has 0 saturated carbocycles. The fraction of sp³-hybridized carbons (Fsp3) is 0.286. The fourth-order valence-electron chi connectivity index (χ4n) is 3.66. The molecule has 0 aliphatic carbocycles. The van der Waals surface area contributed by atoms with Crippen molar-refractivity contribution in [1.82, 2.24) is 14.8 Å². The van der Waals surface area contributed by atoms with Gasteiger partial charge in [-0.15, -0.1) is 10.2 Å². The molecule has 0 saturated heterocycles. The Bertz CT molecular complexity index is 1020. The van der Waals surface area contributed by atoms with Gasteiger partial charge in [-0.2, -0.15) is 0 Å². The molecule has 1 aliphatic rings. The van der Waals surface area contributed by atoms with Gasteiger partial charge in [-0.3, -0.25) is 4.79 Å². The van der Waals surface area contributed by atoms with Crippen molar-refractivity contribution in [2.75, 3.05) is 10.7 Å². The number of anilines is 1. The lowest BCUT2D eigenvalue weighted by atomic mass is 10.1. The largest absolute Gasteiger partial charge is 0.308 e. The highest BCUT2D eigenvalue weighted by atomic mass is 35.5. The first kappa shape index (κ1) is 19.0. The molecule has 0 bridgehead atoms. The summed E-state index contributed by atoms with van der Waals surface area (Å²) >= 11 is 7.54.